The van der Waals surface area contributed by atoms with Crippen molar-refractivity contribution < 1.29 is 18.7 Å². The molecule has 0 atom stereocenters. The molecular formula is C9H10FNO3. The minimum absolute atomic E-state index is 0.00292. The maximum absolute atomic E-state index is 13.0. The molecular weight excluding hydrogens is 189 g/mol. The highest BCUT2D eigenvalue weighted by Crippen LogP contribution is 2.29. The van der Waals surface area contributed by atoms with Gasteiger partial charge >= 0.3 is 5.97 Å². The molecule has 0 radical (unpaired) electrons. The number of hydrogen-bond donors (Lipinski definition) is 1. The van der Waals surface area contributed by atoms with Crippen molar-refractivity contribution >= 4 is 11.7 Å². The van der Waals surface area contributed by atoms with Crippen LogP contribution in [0.1, 0.15) is 10.4 Å². The van der Waals surface area contributed by atoms with Crippen LogP contribution in [0.25, 0.3) is 0 Å². The van der Waals surface area contributed by atoms with E-state index in [0.29, 0.717) is 0 Å². The molecule has 0 aromatic heterocycles. The first-order chi connectivity index (χ1) is 6.61. The van der Waals surface area contributed by atoms with E-state index in [1.54, 1.807) is 0 Å². The first-order valence-corrected chi connectivity index (χ1v) is 3.82. The van der Waals surface area contributed by atoms with Crippen molar-refractivity contribution in [2.45, 2.75) is 0 Å². The molecule has 0 aliphatic rings. The van der Waals surface area contributed by atoms with Gasteiger partial charge in [-0.25, -0.2) is 9.18 Å². The molecule has 0 unspecified atom stereocenters. The van der Waals surface area contributed by atoms with Gasteiger partial charge < -0.3 is 15.2 Å². The summed E-state index contributed by atoms with van der Waals surface area (Å²) in [6, 6.07) is 2.35. The number of carbonyl (C=O) groups excluding carboxylic acids is 1. The van der Waals surface area contributed by atoms with E-state index < -0.39 is 11.8 Å². The number of nitrogens with two attached hydrogens (primary N) is 1. The highest BCUT2D eigenvalue weighted by atomic mass is 19.1. The Morgan fingerprint density at radius 2 is 2.07 bits per heavy atom. The fourth-order valence-electron chi connectivity index (χ4n) is 1.07. The van der Waals surface area contributed by atoms with Gasteiger partial charge in [0.15, 0.2) is 5.75 Å². The Kier molecular flexibility index (Phi) is 2.91. The number of esters is 1. The van der Waals surface area contributed by atoms with E-state index in [0.717, 1.165) is 6.07 Å². The topological polar surface area (TPSA) is 61.5 Å². The van der Waals surface area contributed by atoms with Crippen LogP contribution in [0.5, 0.6) is 5.75 Å². The predicted octanol–water partition coefficient (Wildman–Crippen LogP) is 1.20. The molecule has 5 heteroatoms. The van der Waals surface area contributed by atoms with E-state index >= 15 is 0 Å². The maximum Gasteiger partial charge on any atom is 0.341 e. The number of halogens is 1. The molecule has 0 spiro atoms. The number of rotatable bonds is 2. The molecule has 0 fully saturated rings. The normalized spacial score (nSPS) is 9.64. The lowest BCUT2D eigenvalue weighted by molar-refractivity contribution is 0.0597. The fourth-order valence-corrected chi connectivity index (χ4v) is 1.07. The number of anilines is 1. The molecule has 0 bridgehead atoms. The van der Waals surface area contributed by atoms with Gasteiger partial charge in [-0.3, -0.25) is 0 Å². The van der Waals surface area contributed by atoms with Gasteiger partial charge in [-0.15, -0.1) is 0 Å². The molecule has 1 rings (SSSR count). The van der Waals surface area contributed by atoms with Crippen LogP contribution in [0, 0.1) is 5.82 Å². The zero-order chi connectivity index (χ0) is 10.7. The Morgan fingerprint density at radius 3 is 2.57 bits per heavy atom. The van der Waals surface area contributed by atoms with Gasteiger partial charge in [-0.2, -0.15) is 0 Å². The van der Waals surface area contributed by atoms with Crippen molar-refractivity contribution in [3.8, 4) is 5.75 Å². The number of ether oxygens (including phenoxy) is 2. The Labute approximate surface area is 80.4 Å². The van der Waals surface area contributed by atoms with E-state index in [2.05, 4.69) is 4.74 Å². The second-order valence-electron chi connectivity index (χ2n) is 2.53. The summed E-state index contributed by atoms with van der Waals surface area (Å²) in [5.74, 6) is -1.25. The summed E-state index contributed by atoms with van der Waals surface area (Å²) in [5.41, 5.74) is 5.29. The molecule has 76 valence electrons. The monoisotopic (exact) mass is 199 g/mol. The quantitative estimate of drug-likeness (QED) is 0.574. The minimum atomic E-state index is -0.630. The van der Waals surface area contributed by atoms with Crippen LogP contribution in [0.4, 0.5) is 10.1 Å². The van der Waals surface area contributed by atoms with Crippen molar-refractivity contribution in [3.05, 3.63) is 23.5 Å². The average molecular weight is 199 g/mol. The molecule has 0 aliphatic carbocycles. The van der Waals surface area contributed by atoms with Crippen LogP contribution in [-0.4, -0.2) is 20.2 Å². The average Bonchev–Trinajstić information content (AvgIpc) is 2.20. The van der Waals surface area contributed by atoms with Crippen LogP contribution in [0.3, 0.4) is 0 Å². The lowest BCUT2D eigenvalue weighted by Gasteiger charge is -2.09. The molecule has 0 amide bonds. The molecule has 0 saturated carbocycles. The molecule has 14 heavy (non-hydrogen) atoms. The first kappa shape index (κ1) is 10.3. The van der Waals surface area contributed by atoms with Crippen molar-refractivity contribution in [1.82, 2.24) is 0 Å². The van der Waals surface area contributed by atoms with Gasteiger partial charge in [0.25, 0.3) is 0 Å². The van der Waals surface area contributed by atoms with E-state index in [1.165, 1.54) is 20.3 Å². The van der Waals surface area contributed by atoms with Crippen LogP contribution >= 0.6 is 0 Å². The van der Waals surface area contributed by atoms with Gasteiger partial charge in [0.2, 0.25) is 0 Å². The Hall–Kier alpha value is -1.78. The predicted molar refractivity (Wildman–Crippen MR) is 48.7 cm³/mol. The van der Waals surface area contributed by atoms with Crippen molar-refractivity contribution in [2.75, 3.05) is 20.0 Å². The third-order valence-corrected chi connectivity index (χ3v) is 1.75. The second kappa shape index (κ2) is 3.95. The zero-order valence-electron chi connectivity index (χ0n) is 7.83. The standard InChI is InChI=1S/C9H10FNO3/c1-13-8-5(9(12)14-2)3-4-6(10)7(8)11/h3-4H,11H2,1-2H3. The number of nitrogen functional groups attached to an aromatic ring is 1. The number of methoxy groups -OCH3 is 2. The maximum atomic E-state index is 13.0. The van der Waals surface area contributed by atoms with Crippen LogP contribution in [0.15, 0.2) is 12.1 Å². The lowest BCUT2D eigenvalue weighted by Crippen LogP contribution is -2.07. The number of carbonyl (C=O) groups is 1. The van der Waals surface area contributed by atoms with Crippen LogP contribution in [0.2, 0.25) is 0 Å². The summed E-state index contributed by atoms with van der Waals surface area (Å²) in [5, 5.41) is 0. The number of benzene rings is 1. The molecule has 2 N–H and O–H groups in total. The van der Waals surface area contributed by atoms with Gasteiger partial charge in [0.1, 0.15) is 17.1 Å². The smallest absolute Gasteiger partial charge is 0.341 e. The summed E-state index contributed by atoms with van der Waals surface area (Å²) in [4.78, 5) is 11.2. The Balaban J connectivity index is 3.31. The van der Waals surface area contributed by atoms with E-state index in [4.69, 9.17) is 10.5 Å². The second-order valence-corrected chi connectivity index (χ2v) is 2.53. The van der Waals surface area contributed by atoms with Crippen molar-refractivity contribution in [2.24, 2.45) is 0 Å². The Morgan fingerprint density at radius 1 is 1.43 bits per heavy atom. The molecule has 0 aliphatic heterocycles. The van der Waals surface area contributed by atoms with Crippen molar-refractivity contribution in [3.63, 3.8) is 0 Å². The summed E-state index contributed by atoms with van der Waals surface area (Å²) >= 11 is 0. The SMILES string of the molecule is COC(=O)c1ccc(F)c(N)c1OC. The van der Waals surface area contributed by atoms with E-state index in [9.17, 15) is 9.18 Å². The van der Waals surface area contributed by atoms with E-state index in [-0.39, 0.29) is 17.0 Å². The zero-order valence-corrected chi connectivity index (χ0v) is 7.83. The molecule has 1 aromatic carbocycles. The summed E-state index contributed by atoms with van der Waals surface area (Å²) < 4.78 is 22.2. The summed E-state index contributed by atoms with van der Waals surface area (Å²) in [7, 11) is 2.53. The van der Waals surface area contributed by atoms with Gasteiger partial charge in [-0.05, 0) is 12.1 Å². The van der Waals surface area contributed by atoms with Gasteiger partial charge in [0.05, 0.1) is 14.2 Å². The fraction of sp³-hybridized carbons (Fsp3) is 0.222. The van der Waals surface area contributed by atoms with Crippen molar-refractivity contribution in [1.29, 1.82) is 0 Å². The Bertz CT molecular complexity index is 365. The molecule has 1 aromatic rings. The molecule has 0 heterocycles. The van der Waals surface area contributed by atoms with Crippen LogP contribution in [-0.2, 0) is 4.74 Å². The lowest BCUT2D eigenvalue weighted by atomic mass is 10.1. The highest BCUT2D eigenvalue weighted by Gasteiger charge is 2.17. The number of hydrogen-bond acceptors (Lipinski definition) is 4. The van der Waals surface area contributed by atoms with Gasteiger partial charge in [0, 0.05) is 0 Å². The first-order valence-electron chi connectivity index (χ1n) is 3.82. The summed E-state index contributed by atoms with van der Waals surface area (Å²) in [6.07, 6.45) is 0. The largest absolute Gasteiger partial charge is 0.494 e. The third-order valence-electron chi connectivity index (χ3n) is 1.75. The third kappa shape index (κ3) is 1.61. The molecule has 0 saturated heterocycles. The summed E-state index contributed by atoms with van der Waals surface area (Å²) in [6.45, 7) is 0. The molecule has 4 nitrogen and oxygen atoms in total. The van der Waals surface area contributed by atoms with E-state index in [1.807, 2.05) is 0 Å². The van der Waals surface area contributed by atoms with Crippen LogP contribution < -0.4 is 10.5 Å². The highest BCUT2D eigenvalue weighted by molar-refractivity contribution is 5.94. The minimum Gasteiger partial charge on any atom is -0.494 e. The van der Waals surface area contributed by atoms with Gasteiger partial charge in [-0.1, -0.05) is 0 Å².